The summed E-state index contributed by atoms with van der Waals surface area (Å²) in [5, 5.41) is 26.6. The molecule has 0 fully saturated rings. The number of nitrogens with zero attached hydrogens (tertiary/aromatic N) is 3. The van der Waals surface area contributed by atoms with E-state index in [0.29, 0.717) is 17.2 Å². The van der Waals surface area contributed by atoms with Gasteiger partial charge in [-0.3, -0.25) is 25.7 Å². The third-order valence-corrected chi connectivity index (χ3v) is 3.46. The number of rotatable bonds is 6. The number of hydrazone groups is 1. The predicted molar refractivity (Wildman–Crippen MR) is 91.7 cm³/mol. The summed E-state index contributed by atoms with van der Waals surface area (Å²) < 4.78 is 0. The molecule has 2 rings (SSSR count). The van der Waals surface area contributed by atoms with E-state index < -0.39 is 15.5 Å². The van der Waals surface area contributed by atoms with Crippen molar-refractivity contribution in [3.8, 4) is 0 Å². The zero-order valence-corrected chi connectivity index (χ0v) is 13.4. The van der Waals surface area contributed by atoms with Crippen LogP contribution in [-0.2, 0) is 0 Å². The van der Waals surface area contributed by atoms with Crippen LogP contribution in [0.3, 0.4) is 0 Å². The number of anilines is 1. The van der Waals surface area contributed by atoms with Crippen LogP contribution < -0.4 is 5.43 Å². The summed E-state index contributed by atoms with van der Waals surface area (Å²) in [5.74, 6) is 0. The first kappa shape index (κ1) is 17.4. The van der Waals surface area contributed by atoms with Crippen molar-refractivity contribution in [2.24, 2.45) is 5.10 Å². The van der Waals surface area contributed by atoms with E-state index in [1.807, 2.05) is 6.92 Å². The van der Waals surface area contributed by atoms with E-state index in [9.17, 15) is 20.2 Å². The van der Waals surface area contributed by atoms with Crippen LogP contribution in [0.15, 0.2) is 47.6 Å². The molecule has 0 radical (unpaired) electrons. The van der Waals surface area contributed by atoms with Crippen LogP contribution in [0.4, 0.5) is 17.1 Å². The molecule has 0 saturated carbocycles. The van der Waals surface area contributed by atoms with E-state index in [4.69, 9.17) is 11.6 Å². The molecule has 0 spiro atoms. The minimum absolute atomic E-state index is 0.0745. The molecular formula is C15H13ClN4O4. The van der Waals surface area contributed by atoms with Crippen LogP contribution in [0.2, 0.25) is 5.02 Å². The Kier molecular flexibility index (Phi) is 5.43. The van der Waals surface area contributed by atoms with Gasteiger partial charge in [0.25, 0.3) is 5.69 Å². The Balaban J connectivity index is 2.33. The van der Waals surface area contributed by atoms with Crippen LogP contribution in [0.5, 0.6) is 0 Å². The standard InChI is InChI=1S/C15H13ClN4O4/c1-2-13(10-3-5-11(16)6-4-10)17-18-14-8-7-12(19(21)22)9-15(14)20(23)24/h3-9,18H,2H2,1H3. The van der Waals surface area contributed by atoms with Crippen LogP contribution in [0.25, 0.3) is 0 Å². The second-order valence-corrected chi connectivity index (χ2v) is 5.18. The zero-order valence-electron chi connectivity index (χ0n) is 12.6. The molecule has 1 N–H and O–H groups in total. The Morgan fingerprint density at radius 3 is 2.33 bits per heavy atom. The first-order valence-electron chi connectivity index (χ1n) is 6.93. The third kappa shape index (κ3) is 4.05. The van der Waals surface area contributed by atoms with Gasteiger partial charge in [0.2, 0.25) is 0 Å². The molecule has 2 aromatic carbocycles. The topological polar surface area (TPSA) is 111 Å². The van der Waals surface area contributed by atoms with Crippen LogP contribution >= 0.6 is 11.6 Å². The Morgan fingerprint density at radius 1 is 1.12 bits per heavy atom. The number of non-ortho nitro benzene ring substituents is 1. The average Bonchev–Trinajstić information content (AvgIpc) is 2.56. The molecule has 124 valence electrons. The number of hydrogen-bond acceptors (Lipinski definition) is 6. The first-order chi connectivity index (χ1) is 11.4. The molecule has 0 heterocycles. The fourth-order valence-electron chi connectivity index (χ4n) is 2.00. The van der Waals surface area contributed by atoms with Gasteiger partial charge in [-0.2, -0.15) is 5.10 Å². The number of hydrogen-bond donors (Lipinski definition) is 1. The van der Waals surface area contributed by atoms with Crippen molar-refractivity contribution in [1.82, 2.24) is 0 Å². The summed E-state index contributed by atoms with van der Waals surface area (Å²) in [4.78, 5) is 20.4. The molecule has 24 heavy (non-hydrogen) atoms. The molecule has 0 atom stereocenters. The van der Waals surface area contributed by atoms with Crippen molar-refractivity contribution in [2.75, 3.05) is 5.43 Å². The third-order valence-electron chi connectivity index (χ3n) is 3.21. The SMILES string of the molecule is CCC(=NNc1ccc([N+](=O)[O-])cc1[N+](=O)[O-])c1ccc(Cl)cc1. The highest BCUT2D eigenvalue weighted by Gasteiger charge is 2.19. The van der Waals surface area contributed by atoms with Crippen molar-refractivity contribution in [2.45, 2.75) is 13.3 Å². The largest absolute Gasteiger partial charge is 0.301 e. The number of nitro benzene ring substituents is 2. The van der Waals surface area contributed by atoms with Gasteiger partial charge < -0.3 is 0 Å². The van der Waals surface area contributed by atoms with E-state index in [0.717, 1.165) is 11.6 Å². The number of nitro groups is 2. The van der Waals surface area contributed by atoms with Gasteiger partial charge in [-0.1, -0.05) is 30.7 Å². The summed E-state index contributed by atoms with van der Waals surface area (Å²) in [6, 6.07) is 10.3. The predicted octanol–water partition coefficient (Wildman–Crippen LogP) is 4.38. The van der Waals surface area contributed by atoms with Gasteiger partial charge in [0.1, 0.15) is 5.69 Å². The smallest absolute Gasteiger partial charge is 0.271 e. The summed E-state index contributed by atoms with van der Waals surface area (Å²) in [5.41, 5.74) is 3.40. The Hall–Kier alpha value is -3.00. The number of benzene rings is 2. The molecule has 0 aliphatic rings. The van der Waals surface area contributed by atoms with E-state index in [2.05, 4.69) is 10.5 Å². The molecule has 0 aromatic heterocycles. The summed E-state index contributed by atoms with van der Waals surface area (Å²) in [7, 11) is 0. The lowest BCUT2D eigenvalue weighted by Crippen LogP contribution is -2.04. The minimum atomic E-state index is -0.696. The first-order valence-corrected chi connectivity index (χ1v) is 7.31. The van der Waals surface area contributed by atoms with E-state index in [-0.39, 0.29) is 11.4 Å². The maximum atomic E-state index is 11.1. The lowest BCUT2D eigenvalue weighted by molar-refractivity contribution is -0.393. The van der Waals surface area contributed by atoms with Gasteiger partial charge in [0.05, 0.1) is 21.6 Å². The Bertz CT molecular complexity index is 806. The van der Waals surface area contributed by atoms with Crippen LogP contribution in [0, 0.1) is 20.2 Å². The molecule has 2 aromatic rings. The highest BCUT2D eigenvalue weighted by molar-refractivity contribution is 6.30. The highest BCUT2D eigenvalue weighted by Crippen LogP contribution is 2.29. The maximum Gasteiger partial charge on any atom is 0.301 e. The van der Waals surface area contributed by atoms with Crippen molar-refractivity contribution in [1.29, 1.82) is 0 Å². The zero-order chi connectivity index (χ0) is 17.7. The van der Waals surface area contributed by atoms with Crippen LogP contribution in [-0.4, -0.2) is 15.6 Å². The van der Waals surface area contributed by atoms with Crippen molar-refractivity contribution >= 4 is 34.4 Å². The van der Waals surface area contributed by atoms with Gasteiger partial charge in [0, 0.05) is 11.1 Å². The Labute approximate surface area is 142 Å². The highest BCUT2D eigenvalue weighted by atomic mass is 35.5. The molecule has 8 nitrogen and oxygen atoms in total. The van der Waals surface area contributed by atoms with E-state index in [1.165, 1.54) is 12.1 Å². The van der Waals surface area contributed by atoms with Crippen molar-refractivity contribution in [3.63, 3.8) is 0 Å². The molecular weight excluding hydrogens is 336 g/mol. The molecule has 0 unspecified atom stereocenters. The van der Waals surface area contributed by atoms with Gasteiger partial charge in [-0.15, -0.1) is 0 Å². The summed E-state index contributed by atoms with van der Waals surface area (Å²) in [6.07, 6.45) is 0.579. The Morgan fingerprint density at radius 2 is 1.79 bits per heavy atom. The fraction of sp³-hybridized carbons (Fsp3) is 0.133. The normalized spacial score (nSPS) is 11.2. The van der Waals surface area contributed by atoms with E-state index >= 15 is 0 Å². The van der Waals surface area contributed by atoms with Gasteiger partial charge in [-0.25, -0.2) is 0 Å². The minimum Gasteiger partial charge on any atom is -0.271 e. The van der Waals surface area contributed by atoms with Gasteiger partial charge in [-0.05, 0) is 30.2 Å². The lowest BCUT2D eigenvalue weighted by atomic mass is 10.1. The van der Waals surface area contributed by atoms with Gasteiger partial charge in [0.15, 0.2) is 0 Å². The second kappa shape index (κ2) is 7.51. The summed E-state index contributed by atoms with van der Waals surface area (Å²) in [6.45, 7) is 1.89. The fourth-order valence-corrected chi connectivity index (χ4v) is 2.12. The second-order valence-electron chi connectivity index (χ2n) is 4.75. The number of halogens is 1. The molecule has 0 amide bonds. The molecule has 0 aliphatic carbocycles. The lowest BCUT2D eigenvalue weighted by Gasteiger charge is -2.07. The van der Waals surface area contributed by atoms with Crippen molar-refractivity contribution < 1.29 is 9.85 Å². The molecule has 0 bridgehead atoms. The van der Waals surface area contributed by atoms with Crippen molar-refractivity contribution in [3.05, 3.63) is 73.3 Å². The molecule has 0 saturated heterocycles. The number of nitrogens with one attached hydrogen (secondary N) is 1. The molecule has 0 aliphatic heterocycles. The molecule has 9 heteroatoms. The maximum absolute atomic E-state index is 11.1. The monoisotopic (exact) mass is 348 g/mol. The summed E-state index contributed by atoms with van der Waals surface area (Å²) >= 11 is 5.84. The average molecular weight is 349 g/mol. The van der Waals surface area contributed by atoms with Crippen LogP contribution in [0.1, 0.15) is 18.9 Å². The van der Waals surface area contributed by atoms with Gasteiger partial charge >= 0.3 is 5.69 Å². The quantitative estimate of drug-likeness (QED) is 0.473. The van der Waals surface area contributed by atoms with E-state index in [1.54, 1.807) is 24.3 Å².